The number of aldehydes is 1. The number of primary amides is 1. The number of nitrogen functional groups attached to an aromatic ring is 1. The van der Waals surface area contributed by atoms with Gasteiger partial charge in [-0.3, -0.25) is 14.4 Å². The summed E-state index contributed by atoms with van der Waals surface area (Å²) in [6.45, 7) is 0.596. The number of benzene rings is 1. The first kappa shape index (κ1) is 23.2. The lowest BCUT2D eigenvalue weighted by Crippen LogP contribution is -2.28. The Labute approximate surface area is 178 Å². The van der Waals surface area contributed by atoms with Gasteiger partial charge in [0.25, 0.3) is 11.8 Å². The number of hydrogen-bond donors (Lipinski definition) is 6. The summed E-state index contributed by atoms with van der Waals surface area (Å²) < 4.78 is 0. The van der Waals surface area contributed by atoms with E-state index in [0.717, 1.165) is 5.69 Å². The zero-order chi connectivity index (χ0) is 22.6. The quantitative estimate of drug-likeness (QED) is 0.110. The minimum Gasteiger partial charge on any atom is -0.379 e. The highest BCUT2D eigenvalue weighted by Gasteiger charge is 2.12. The Bertz CT molecular complexity index is 933. The largest absolute Gasteiger partial charge is 0.379 e. The van der Waals surface area contributed by atoms with Crippen molar-refractivity contribution in [2.75, 3.05) is 23.8 Å². The Hall–Kier alpha value is -4.06. The van der Waals surface area contributed by atoms with Crippen LogP contribution in [0.2, 0.25) is 0 Å². The van der Waals surface area contributed by atoms with Crippen molar-refractivity contribution >= 4 is 35.5 Å². The van der Waals surface area contributed by atoms with Gasteiger partial charge < -0.3 is 31.9 Å². The van der Waals surface area contributed by atoms with E-state index in [1.807, 2.05) is 0 Å². The van der Waals surface area contributed by atoms with Gasteiger partial charge >= 0.3 is 0 Å². The standard InChI is InChI=1S/C19H24N8O4/c20-17(30)16-18(27-21)25-11-14(26-16)10-24-13-5-3-12(4-6-13)19(31)23-7-1-2-15(29)22-8-9-28/h3-6,9,11,24H,1-2,7-8,10,21H2,(H2,20,30)(H,22,29)(H,23,31)(H,25,27). The molecule has 3 amide bonds. The van der Waals surface area contributed by atoms with Gasteiger partial charge in [0.05, 0.1) is 25.0 Å². The van der Waals surface area contributed by atoms with Crippen molar-refractivity contribution in [3.63, 3.8) is 0 Å². The van der Waals surface area contributed by atoms with Gasteiger partial charge in [-0.15, -0.1) is 0 Å². The lowest BCUT2D eigenvalue weighted by atomic mass is 10.2. The maximum Gasteiger partial charge on any atom is 0.271 e. The molecule has 12 heteroatoms. The van der Waals surface area contributed by atoms with E-state index in [4.69, 9.17) is 11.6 Å². The molecule has 31 heavy (non-hydrogen) atoms. The van der Waals surface area contributed by atoms with Crippen molar-refractivity contribution in [3.8, 4) is 0 Å². The number of nitrogens with zero attached hydrogens (tertiary/aromatic N) is 2. The highest BCUT2D eigenvalue weighted by Crippen LogP contribution is 2.13. The van der Waals surface area contributed by atoms with Gasteiger partial charge in [0.2, 0.25) is 5.91 Å². The summed E-state index contributed by atoms with van der Waals surface area (Å²) in [6.07, 6.45) is 2.75. The van der Waals surface area contributed by atoms with Gasteiger partial charge in [-0.05, 0) is 30.7 Å². The van der Waals surface area contributed by atoms with Crippen LogP contribution in [0.5, 0.6) is 0 Å². The maximum absolute atomic E-state index is 12.2. The molecule has 0 fully saturated rings. The molecule has 0 spiro atoms. The fourth-order valence-corrected chi connectivity index (χ4v) is 2.52. The molecule has 2 aromatic rings. The van der Waals surface area contributed by atoms with Gasteiger partial charge in [0.15, 0.2) is 11.5 Å². The average molecular weight is 428 g/mol. The molecule has 0 radical (unpaired) electrons. The number of nitrogens with one attached hydrogen (secondary N) is 4. The number of anilines is 2. The highest BCUT2D eigenvalue weighted by atomic mass is 16.2. The molecule has 0 aliphatic heterocycles. The number of rotatable bonds is 12. The Morgan fingerprint density at radius 2 is 1.84 bits per heavy atom. The van der Waals surface area contributed by atoms with E-state index in [1.165, 1.54) is 6.20 Å². The van der Waals surface area contributed by atoms with Crippen LogP contribution in [0, 0.1) is 0 Å². The van der Waals surface area contributed by atoms with E-state index < -0.39 is 5.91 Å². The molecule has 0 bridgehead atoms. The average Bonchev–Trinajstić information content (AvgIpc) is 2.79. The van der Waals surface area contributed by atoms with E-state index >= 15 is 0 Å². The summed E-state index contributed by atoms with van der Waals surface area (Å²) in [5.74, 6) is 4.11. The second kappa shape index (κ2) is 11.8. The third kappa shape index (κ3) is 7.36. The van der Waals surface area contributed by atoms with Crippen LogP contribution in [0.25, 0.3) is 0 Å². The monoisotopic (exact) mass is 428 g/mol. The number of hydrogen-bond acceptors (Lipinski definition) is 9. The van der Waals surface area contributed by atoms with Crippen molar-refractivity contribution in [1.82, 2.24) is 20.6 Å². The number of carbonyl (C=O) groups excluding carboxylic acids is 4. The summed E-state index contributed by atoms with van der Waals surface area (Å²) in [5, 5.41) is 8.26. The van der Waals surface area contributed by atoms with Crippen LogP contribution in [-0.4, -0.2) is 47.1 Å². The zero-order valence-corrected chi connectivity index (χ0v) is 16.7. The Morgan fingerprint density at radius 1 is 1.10 bits per heavy atom. The first-order chi connectivity index (χ1) is 14.9. The Kier molecular flexibility index (Phi) is 8.86. The molecule has 0 saturated heterocycles. The fraction of sp³-hybridized carbons (Fsp3) is 0.263. The molecule has 8 N–H and O–H groups in total. The highest BCUT2D eigenvalue weighted by molar-refractivity contribution is 5.95. The second-order valence-corrected chi connectivity index (χ2v) is 6.33. The smallest absolute Gasteiger partial charge is 0.271 e. The molecule has 0 aliphatic carbocycles. The first-order valence-corrected chi connectivity index (χ1v) is 9.39. The van der Waals surface area contributed by atoms with E-state index in [-0.39, 0.29) is 42.8 Å². The minimum absolute atomic E-state index is 0.0132. The van der Waals surface area contributed by atoms with Crippen molar-refractivity contribution < 1.29 is 19.2 Å². The van der Waals surface area contributed by atoms with Gasteiger partial charge in [0.1, 0.15) is 6.29 Å². The normalized spacial score (nSPS) is 10.1. The van der Waals surface area contributed by atoms with Crippen LogP contribution in [-0.2, 0) is 16.1 Å². The summed E-state index contributed by atoms with van der Waals surface area (Å²) in [5.41, 5.74) is 9.13. The number of hydrazine groups is 1. The van der Waals surface area contributed by atoms with Crippen molar-refractivity contribution in [2.45, 2.75) is 19.4 Å². The fourth-order valence-electron chi connectivity index (χ4n) is 2.52. The molecule has 1 aromatic carbocycles. The second-order valence-electron chi connectivity index (χ2n) is 6.33. The van der Waals surface area contributed by atoms with Crippen LogP contribution >= 0.6 is 0 Å². The van der Waals surface area contributed by atoms with Crippen LogP contribution in [0.1, 0.15) is 39.4 Å². The van der Waals surface area contributed by atoms with Crippen molar-refractivity contribution in [1.29, 1.82) is 0 Å². The molecule has 1 heterocycles. The lowest BCUT2D eigenvalue weighted by Gasteiger charge is -2.10. The molecule has 164 valence electrons. The third-order valence-electron chi connectivity index (χ3n) is 4.06. The molecule has 0 aliphatic rings. The molecular formula is C19H24N8O4. The van der Waals surface area contributed by atoms with Crippen LogP contribution in [0.4, 0.5) is 11.5 Å². The van der Waals surface area contributed by atoms with Gasteiger partial charge in [-0.2, -0.15) is 0 Å². The van der Waals surface area contributed by atoms with Gasteiger partial charge in [0, 0.05) is 24.2 Å². The van der Waals surface area contributed by atoms with E-state index in [1.54, 1.807) is 24.3 Å². The van der Waals surface area contributed by atoms with Crippen molar-refractivity contribution in [3.05, 3.63) is 47.4 Å². The number of aromatic nitrogens is 2. The van der Waals surface area contributed by atoms with E-state index in [2.05, 4.69) is 31.3 Å². The predicted molar refractivity (Wildman–Crippen MR) is 113 cm³/mol. The summed E-state index contributed by atoms with van der Waals surface area (Å²) in [7, 11) is 0. The van der Waals surface area contributed by atoms with Crippen LogP contribution < -0.4 is 33.0 Å². The Balaban J connectivity index is 1.82. The lowest BCUT2D eigenvalue weighted by molar-refractivity contribution is -0.122. The van der Waals surface area contributed by atoms with Crippen molar-refractivity contribution in [2.24, 2.45) is 11.6 Å². The third-order valence-corrected chi connectivity index (χ3v) is 4.06. The first-order valence-electron chi connectivity index (χ1n) is 9.39. The number of nitrogens with two attached hydrogens (primary N) is 2. The summed E-state index contributed by atoms with van der Waals surface area (Å²) >= 11 is 0. The van der Waals surface area contributed by atoms with Gasteiger partial charge in [-0.25, -0.2) is 15.8 Å². The predicted octanol–water partition coefficient (Wildman–Crippen LogP) is -0.702. The Morgan fingerprint density at radius 3 is 2.48 bits per heavy atom. The zero-order valence-electron chi connectivity index (χ0n) is 16.7. The van der Waals surface area contributed by atoms with Crippen LogP contribution in [0.3, 0.4) is 0 Å². The number of amides is 3. The molecular weight excluding hydrogens is 404 g/mol. The minimum atomic E-state index is -0.751. The summed E-state index contributed by atoms with van der Waals surface area (Å²) in [4.78, 5) is 53.2. The van der Waals surface area contributed by atoms with E-state index in [0.29, 0.717) is 30.5 Å². The SMILES string of the molecule is NNc1ncc(CNc2ccc(C(=O)NCCCC(=O)NCC=O)cc2)nc1C(N)=O. The molecule has 2 rings (SSSR count). The number of carbonyl (C=O) groups is 4. The van der Waals surface area contributed by atoms with E-state index in [9.17, 15) is 19.2 Å². The molecule has 12 nitrogen and oxygen atoms in total. The molecule has 0 atom stereocenters. The molecule has 0 saturated carbocycles. The molecule has 1 aromatic heterocycles. The maximum atomic E-state index is 12.2. The van der Waals surface area contributed by atoms with Crippen LogP contribution in [0.15, 0.2) is 30.5 Å². The topological polar surface area (TPSA) is 194 Å². The van der Waals surface area contributed by atoms with Gasteiger partial charge in [-0.1, -0.05) is 0 Å². The molecule has 0 unspecified atom stereocenters. The summed E-state index contributed by atoms with van der Waals surface area (Å²) in [6, 6.07) is 6.74.